The third-order valence-corrected chi connectivity index (χ3v) is 13.4. The topological polar surface area (TPSA) is 48.8 Å². The molecule has 6 heteroatoms. The fourth-order valence-corrected chi connectivity index (χ4v) is 11.0. The molecule has 0 N–H and O–H groups in total. The molecule has 0 bridgehead atoms. The summed E-state index contributed by atoms with van der Waals surface area (Å²) in [5.41, 5.74) is 14.4. The second kappa shape index (κ2) is 11.1. The number of furan rings is 1. The maximum Gasteiger partial charge on any atom is 0.248 e. The van der Waals surface area contributed by atoms with E-state index in [1.807, 2.05) is 29.5 Å². The smallest absolute Gasteiger partial charge is 0.248 e. The Balaban J connectivity index is 1.18. The molecule has 0 amide bonds. The Morgan fingerprint density at radius 1 is 0.466 bits per heavy atom. The molecule has 5 nitrogen and oxygen atoms in total. The molecule has 6 heterocycles. The van der Waals surface area contributed by atoms with E-state index in [-0.39, 0.29) is 0 Å². The lowest BCUT2D eigenvalue weighted by atomic mass is 9.91. The molecule has 8 aromatic carbocycles. The standard InChI is InChI=1S/C52H28N4OS/c1-2-17-35-30(13-1)31-14-3-8-20-39(31)55-40-21-9-4-15-32(40)38-28-42-46(47(35)50(38)55)36-18-5-10-22-41(36)56(42)51-48(53-49-37-19-6-11-23-43(37)57-52(49)54-51)29-25-26-34-33-16-7-12-24-44(33)58-45(34)27-29/h1-28H. The Kier molecular flexibility index (Phi) is 5.85. The predicted molar refractivity (Wildman–Crippen MR) is 241 cm³/mol. The first kappa shape index (κ1) is 30.7. The molecule has 268 valence electrons. The summed E-state index contributed by atoms with van der Waals surface area (Å²) >= 11 is 1.82. The second-order valence-corrected chi connectivity index (χ2v) is 16.4. The van der Waals surface area contributed by atoms with Gasteiger partial charge in [0.25, 0.3) is 0 Å². The van der Waals surface area contributed by atoms with Crippen molar-refractivity contribution in [2.45, 2.75) is 0 Å². The molecule has 0 atom stereocenters. The molecule has 0 fully saturated rings. The molecule has 1 aliphatic rings. The summed E-state index contributed by atoms with van der Waals surface area (Å²) in [5.74, 6) is 0.735. The molecule has 13 aromatic rings. The zero-order chi connectivity index (χ0) is 37.6. The molecule has 14 rings (SSSR count). The predicted octanol–water partition coefficient (Wildman–Crippen LogP) is 14.3. The van der Waals surface area contributed by atoms with Crippen molar-refractivity contribution >= 4 is 97.3 Å². The Morgan fingerprint density at radius 3 is 2.02 bits per heavy atom. The molecular weight excluding hydrogens is 729 g/mol. The first-order chi connectivity index (χ1) is 28.8. The average molecular weight is 757 g/mol. The van der Waals surface area contributed by atoms with Crippen LogP contribution in [0.15, 0.2) is 174 Å². The number of fused-ring (bicyclic) bond motifs is 18. The highest BCUT2D eigenvalue weighted by atomic mass is 32.1. The van der Waals surface area contributed by atoms with Crippen LogP contribution in [-0.4, -0.2) is 19.1 Å². The number of rotatable bonds is 2. The molecule has 0 saturated carbocycles. The van der Waals surface area contributed by atoms with Crippen molar-refractivity contribution in [1.29, 1.82) is 0 Å². The molecule has 0 aliphatic carbocycles. The quantitative estimate of drug-likeness (QED) is 0.176. The highest BCUT2D eigenvalue weighted by Crippen LogP contribution is 2.52. The highest BCUT2D eigenvalue weighted by Gasteiger charge is 2.30. The van der Waals surface area contributed by atoms with Crippen molar-refractivity contribution in [3.05, 3.63) is 170 Å². The largest absolute Gasteiger partial charge is 0.436 e. The van der Waals surface area contributed by atoms with E-state index in [1.54, 1.807) is 0 Å². The summed E-state index contributed by atoms with van der Waals surface area (Å²) in [6.45, 7) is 0. The molecule has 5 aromatic heterocycles. The van der Waals surface area contributed by atoms with Gasteiger partial charge < -0.3 is 8.98 Å². The van der Waals surface area contributed by atoms with E-state index in [2.05, 4.69) is 161 Å². The van der Waals surface area contributed by atoms with E-state index in [4.69, 9.17) is 14.4 Å². The van der Waals surface area contributed by atoms with E-state index >= 15 is 0 Å². The molecule has 0 saturated heterocycles. The fraction of sp³-hybridized carbons (Fsp3) is 0. The SMILES string of the molecule is c1ccc2c(c1)-c1ccccc1-n1c3ccccc3c3cc4c(c-2c31)c1ccccc1n4-c1nc2oc3ccccc3c2nc1-c1ccc2c(c1)sc1ccccc12. The number of hydrogen-bond acceptors (Lipinski definition) is 4. The number of aromatic nitrogens is 4. The Morgan fingerprint density at radius 2 is 1.14 bits per heavy atom. The molecule has 58 heavy (non-hydrogen) atoms. The lowest BCUT2D eigenvalue weighted by molar-refractivity contribution is 0.652. The van der Waals surface area contributed by atoms with E-state index < -0.39 is 0 Å². The normalized spacial score (nSPS) is 12.5. The van der Waals surface area contributed by atoms with Crippen LogP contribution in [0, 0.1) is 0 Å². The van der Waals surface area contributed by atoms with Crippen molar-refractivity contribution in [2.24, 2.45) is 0 Å². The van der Waals surface area contributed by atoms with Gasteiger partial charge in [-0.05, 0) is 59.7 Å². The van der Waals surface area contributed by atoms with Crippen molar-refractivity contribution in [1.82, 2.24) is 19.1 Å². The number of para-hydroxylation sites is 4. The van der Waals surface area contributed by atoms with Gasteiger partial charge in [0.15, 0.2) is 5.82 Å². The van der Waals surface area contributed by atoms with Gasteiger partial charge in [0.2, 0.25) is 5.71 Å². The van der Waals surface area contributed by atoms with Crippen LogP contribution in [0.25, 0.3) is 131 Å². The molecule has 1 aliphatic heterocycles. The zero-order valence-electron chi connectivity index (χ0n) is 30.8. The highest BCUT2D eigenvalue weighted by molar-refractivity contribution is 7.25. The van der Waals surface area contributed by atoms with Crippen LogP contribution in [0.4, 0.5) is 0 Å². The van der Waals surface area contributed by atoms with Gasteiger partial charge >= 0.3 is 0 Å². The lowest BCUT2D eigenvalue weighted by Crippen LogP contribution is -2.03. The van der Waals surface area contributed by atoms with Gasteiger partial charge in [0, 0.05) is 63.8 Å². The Bertz CT molecular complexity index is 3940. The van der Waals surface area contributed by atoms with Crippen LogP contribution in [0.2, 0.25) is 0 Å². The first-order valence-electron chi connectivity index (χ1n) is 19.6. The maximum atomic E-state index is 6.51. The van der Waals surface area contributed by atoms with E-state index in [0.717, 1.165) is 50.0 Å². The second-order valence-electron chi connectivity index (χ2n) is 15.3. The van der Waals surface area contributed by atoms with Crippen LogP contribution < -0.4 is 0 Å². The van der Waals surface area contributed by atoms with Crippen LogP contribution >= 0.6 is 11.3 Å². The minimum absolute atomic E-state index is 0.519. The Hall–Kier alpha value is -7.54. The maximum absolute atomic E-state index is 6.51. The van der Waals surface area contributed by atoms with Gasteiger partial charge in [0.1, 0.15) is 16.8 Å². The van der Waals surface area contributed by atoms with Gasteiger partial charge in [-0.3, -0.25) is 4.57 Å². The van der Waals surface area contributed by atoms with E-state index in [1.165, 1.54) is 75.3 Å². The monoisotopic (exact) mass is 756 g/mol. The van der Waals surface area contributed by atoms with Crippen molar-refractivity contribution in [2.75, 3.05) is 0 Å². The summed E-state index contributed by atoms with van der Waals surface area (Å²) in [4.78, 5) is 11.0. The van der Waals surface area contributed by atoms with Crippen LogP contribution in [0.3, 0.4) is 0 Å². The van der Waals surface area contributed by atoms with Crippen LogP contribution in [-0.2, 0) is 0 Å². The minimum Gasteiger partial charge on any atom is -0.436 e. The number of thiophene rings is 1. The van der Waals surface area contributed by atoms with Crippen LogP contribution in [0.5, 0.6) is 0 Å². The summed E-state index contributed by atoms with van der Waals surface area (Å²) in [5, 5.41) is 8.22. The first-order valence-corrected chi connectivity index (χ1v) is 20.4. The summed E-state index contributed by atoms with van der Waals surface area (Å²) in [6.07, 6.45) is 0. The fourth-order valence-electron chi connectivity index (χ4n) is 9.88. The molecule has 0 spiro atoms. The van der Waals surface area contributed by atoms with Crippen molar-refractivity contribution in [3.63, 3.8) is 0 Å². The Labute approximate surface area is 334 Å². The summed E-state index contributed by atoms with van der Waals surface area (Å²) in [6, 6.07) is 61.2. The molecular formula is C52H28N4OS. The van der Waals surface area contributed by atoms with Gasteiger partial charge in [-0.1, -0.05) is 121 Å². The number of benzene rings is 8. The number of hydrogen-bond donors (Lipinski definition) is 0. The zero-order valence-corrected chi connectivity index (χ0v) is 31.6. The average Bonchev–Trinajstić information content (AvgIpc) is 4.00. The third kappa shape index (κ3) is 3.89. The minimum atomic E-state index is 0.519. The van der Waals surface area contributed by atoms with Gasteiger partial charge in [-0.25, -0.2) is 4.98 Å². The van der Waals surface area contributed by atoms with Gasteiger partial charge in [-0.2, -0.15) is 4.98 Å². The van der Waals surface area contributed by atoms with Crippen LogP contribution in [0.1, 0.15) is 0 Å². The lowest BCUT2D eigenvalue weighted by Gasteiger charge is -2.14. The third-order valence-electron chi connectivity index (χ3n) is 12.3. The number of nitrogens with zero attached hydrogens (tertiary/aromatic N) is 4. The van der Waals surface area contributed by atoms with Gasteiger partial charge in [-0.15, -0.1) is 11.3 Å². The van der Waals surface area contributed by atoms with Crippen molar-refractivity contribution < 1.29 is 4.42 Å². The van der Waals surface area contributed by atoms with Gasteiger partial charge in [0.05, 0.1) is 27.8 Å². The molecule has 0 unspecified atom stereocenters. The summed E-state index contributed by atoms with van der Waals surface area (Å²) in [7, 11) is 0. The summed E-state index contributed by atoms with van der Waals surface area (Å²) < 4.78 is 13.8. The molecule has 0 radical (unpaired) electrons. The van der Waals surface area contributed by atoms with Crippen molar-refractivity contribution in [3.8, 4) is 45.0 Å². The van der Waals surface area contributed by atoms with E-state index in [9.17, 15) is 0 Å². The van der Waals surface area contributed by atoms with E-state index in [0.29, 0.717) is 5.71 Å².